The van der Waals surface area contributed by atoms with Crippen molar-refractivity contribution in [2.75, 3.05) is 120 Å². The molecule has 0 N–H and O–H groups in total. The molecule has 4 aliphatic heterocycles. The van der Waals surface area contributed by atoms with Crippen molar-refractivity contribution in [2.24, 2.45) is 0 Å². The van der Waals surface area contributed by atoms with Gasteiger partial charge in [-0.3, -0.25) is 4.48 Å². The van der Waals surface area contributed by atoms with Crippen LogP contribution in [0.25, 0.3) is 0 Å². The van der Waals surface area contributed by atoms with E-state index in [1.807, 2.05) is 17.8 Å². The van der Waals surface area contributed by atoms with Gasteiger partial charge in [-0.1, -0.05) is 161 Å². The Morgan fingerprint density at radius 1 is 0.486 bits per heavy atom. The monoisotopic (exact) mass is 1040 g/mol. The summed E-state index contributed by atoms with van der Waals surface area (Å²) >= 11 is 1.97. The highest BCUT2D eigenvalue weighted by Crippen LogP contribution is 2.52. The summed E-state index contributed by atoms with van der Waals surface area (Å²) in [5.74, 6) is 1.29. The quantitative estimate of drug-likeness (QED) is 0.0630. The Hall–Kier alpha value is -3.30. The van der Waals surface area contributed by atoms with Gasteiger partial charge in [0, 0.05) is 62.1 Å². The zero-order chi connectivity index (χ0) is 54.4. The van der Waals surface area contributed by atoms with Crippen LogP contribution in [0.2, 0.25) is 0 Å². The van der Waals surface area contributed by atoms with E-state index in [4.69, 9.17) is 0 Å². The molecular formula is C67H116N6S+6. The predicted octanol–water partition coefficient (Wildman–Crippen LogP) is 15.4. The van der Waals surface area contributed by atoms with Crippen LogP contribution in [0.15, 0.2) is 121 Å². The van der Waals surface area contributed by atoms with E-state index in [1.54, 1.807) is 23.7 Å². The Kier molecular flexibility index (Phi) is 29.7. The third kappa shape index (κ3) is 22.3. The first-order valence-electron chi connectivity index (χ1n) is 30.0. The first kappa shape index (κ1) is 65.0. The lowest BCUT2D eigenvalue weighted by atomic mass is 9.91. The van der Waals surface area contributed by atoms with E-state index in [-0.39, 0.29) is 0 Å². The summed E-state index contributed by atoms with van der Waals surface area (Å²) in [6.45, 7) is 36.5. The normalized spacial score (nSPS) is 18.9. The third-order valence-electron chi connectivity index (χ3n) is 16.9. The van der Waals surface area contributed by atoms with E-state index in [0.29, 0.717) is 0 Å². The molecule has 4 aliphatic rings. The van der Waals surface area contributed by atoms with Gasteiger partial charge in [0.25, 0.3) is 0 Å². The van der Waals surface area contributed by atoms with Crippen molar-refractivity contribution < 1.29 is 22.5 Å². The standard InChI is InChI=1S/C19H34N.C13H22N.C10H18N.C10H16N.C9H14N.C6H12NS/c1-4-7-15-20(16-8-5-2,17-9-6-3)18-19-13-11-10-12-14-19;1-4-14(5-2,6-3)12-13-10-8-7-9-11-13;1-4-10-5-2-8-11(10,7-1)9-3-6-10;1-11(2,3)9-10-7-5-4-6-8-10;1-10(2,3)9-7-5-4-6-8-9;1-3-7-4-5-8-6(7)2/h10-14H,4-9,15-18H2,1-3H3;7-11H,4-6,12H2,1-3H3;1-9H2;4-8H,9H2,1-3H3;4-8H,1-3H3;3-5H2,1-2H3/q6*+1. The summed E-state index contributed by atoms with van der Waals surface area (Å²) in [5, 5.41) is 1.49. The van der Waals surface area contributed by atoms with Gasteiger partial charge in [0.1, 0.15) is 31.9 Å². The van der Waals surface area contributed by atoms with Gasteiger partial charge >= 0.3 is 0 Å². The fraction of sp³-hybridized carbons (Fsp3) is 0.627. The molecule has 4 heterocycles. The molecule has 0 atom stereocenters. The lowest BCUT2D eigenvalue weighted by Crippen LogP contribution is -2.51. The predicted molar refractivity (Wildman–Crippen MR) is 330 cm³/mol. The second-order valence-electron chi connectivity index (χ2n) is 24.2. The number of rotatable bonds is 20. The number of quaternary nitrogens is 5. The van der Waals surface area contributed by atoms with Gasteiger partial charge in [0.15, 0.2) is 6.54 Å². The molecule has 414 valence electrons. The van der Waals surface area contributed by atoms with Gasteiger partial charge in [-0.15, -0.1) is 0 Å². The van der Waals surface area contributed by atoms with Crippen LogP contribution in [-0.4, -0.2) is 153 Å². The Bertz CT molecular complexity index is 1980. The van der Waals surface area contributed by atoms with Crippen molar-refractivity contribution >= 4 is 22.5 Å². The molecule has 8 rings (SSSR count). The average molecular weight is 1040 g/mol. The van der Waals surface area contributed by atoms with E-state index < -0.39 is 0 Å². The molecule has 3 saturated heterocycles. The molecule has 4 aromatic rings. The highest BCUT2D eigenvalue weighted by atomic mass is 32.2. The van der Waals surface area contributed by atoms with E-state index in [9.17, 15) is 0 Å². The molecular weight excluding hydrogens is 921 g/mol. The lowest BCUT2D eigenvalue weighted by molar-refractivity contribution is -0.941. The fourth-order valence-corrected chi connectivity index (χ4v) is 13.2. The van der Waals surface area contributed by atoms with Crippen LogP contribution in [0, 0.1) is 0 Å². The van der Waals surface area contributed by atoms with Crippen molar-refractivity contribution in [1.29, 1.82) is 0 Å². The van der Waals surface area contributed by atoms with Gasteiger partial charge in [-0.05, 0) is 59.1 Å². The number of hydrogen-bond acceptors (Lipinski definition) is 1. The molecule has 6 nitrogen and oxygen atoms in total. The van der Waals surface area contributed by atoms with Gasteiger partial charge < -0.3 is 17.9 Å². The highest BCUT2D eigenvalue weighted by molar-refractivity contribution is 8.13. The summed E-state index contributed by atoms with van der Waals surface area (Å²) in [6, 6.07) is 42.9. The smallest absolute Gasteiger partial charge is 0.207 e. The fourth-order valence-electron chi connectivity index (χ4n) is 12.2. The average Bonchev–Trinajstić information content (AvgIpc) is 4.17. The van der Waals surface area contributed by atoms with Crippen LogP contribution in [-0.2, 0) is 19.6 Å². The summed E-state index contributed by atoms with van der Waals surface area (Å²) in [6.07, 6.45) is 17.3. The Morgan fingerprint density at radius 3 is 1.12 bits per heavy atom. The van der Waals surface area contributed by atoms with Gasteiger partial charge in [0.2, 0.25) is 5.04 Å². The van der Waals surface area contributed by atoms with Crippen LogP contribution in [0.1, 0.15) is 149 Å². The van der Waals surface area contributed by atoms with E-state index >= 15 is 0 Å². The van der Waals surface area contributed by atoms with E-state index in [2.05, 4.69) is 218 Å². The Labute approximate surface area is 462 Å². The Morgan fingerprint density at radius 2 is 0.851 bits per heavy atom. The molecule has 0 spiro atoms. The molecule has 0 aromatic heterocycles. The molecule has 0 radical (unpaired) electrons. The van der Waals surface area contributed by atoms with Crippen molar-refractivity contribution in [3.8, 4) is 0 Å². The summed E-state index contributed by atoms with van der Waals surface area (Å²) < 4.78 is 8.35. The van der Waals surface area contributed by atoms with Gasteiger partial charge in [-0.2, -0.15) is 0 Å². The first-order valence-corrected chi connectivity index (χ1v) is 31.0. The SMILES string of the molecule is C1CC23CCC[N+]2(C1)CCC3.CCCC[N+](CCCC)(CCCC)Cc1ccccc1.CC[N+](CC)(CC)Cc1ccccc1.CC[N+]1=C(C)SCC1.C[N+](C)(C)Cc1ccccc1.C[N+](C)(C)c1ccccc1. The molecule has 3 fully saturated rings. The van der Waals surface area contributed by atoms with Crippen LogP contribution in [0.5, 0.6) is 0 Å². The van der Waals surface area contributed by atoms with Crippen LogP contribution in [0.4, 0.5) is 5.69 Å². The van der Waals surface area contributed by atoms with Crippen molar-refractivity contribution in [1.82, 2.24) is 4.48 Å². The maximum absolute atomic E-state index is 2.41. The van der Waals surface area contributed by atoms with Gasteiger partial charge in [0.05, 0.1) is 112 Å². The minimum absolute atomic E-state index is 0.833. The zero-order valence-corrected chi connectivity index (χ0v) is 51.5. The van der Waals surface area contributed by atoms with Crippen LogP contribution >= 0.6 is 11.8 Å². The maximum atomic E-state index is 2.41. The number of nitrogens with zero attached hydrogens (tertiary/aromatic N) is 6. The summed E-state index contributed by atoms with van der Waals surface area (Å²) in [7, 11) is 13.1. The van der Waals surface area contributed by atoms with E-state index in [0.717, 1.165) is 21.0 Å². The lowest BCUT2D eigenvalue weighted by Gasteiger charge is -2.39. The number of thioether (sulfide) groups is 1. The number of para-hydroxylation sites is 1. The third-order valence-corrected chi connectivity index (χ3v) is 18.0. The molecule has 74 heavy (non-hydrogen) atoms. The summed E-state index contributed by atoms with van der Waals surface area (Å²) in [4.78, 5) is 0. The second-order valence-corrected chi connectivity index (χ2v) is 25.5. The molecule has 0 aliphatic carbocycles. The number of unbranched alkanes of at least 4 members (excludes halogenated alkanes) is 3. The van der Waals surface area contributed by atoms with Crippen molar-refractivity contribution in [3.63, 3.8) is 0 Å². The summed E-state index contributed by atoms with van der Waals surface area (Å²) in [5.41, 5.74) is 6.54. The molecule has 7 heteroatoms. The molecule has 0 unspecified atom stereocenters. The Balaban J connectivity index is 0.000000240. The second kappa shape index (κ2) is 33.8. The zero-order valence-electron chi connectivity index (χ0n) is 50.7. The van der Waals surface area contributed by atoms with Gasteiger partial charge in [-0.25, -0.2) is 4.58 Å². The van der Waals surface area contributed by atoms with Crippen LogP contribution in [0.3, 0.4) is 0 Å². The highest BCUT2D eigenvalue weighted by Gasteiger charge is 2.60. The number of hydrogen-bond donors (Lipinski definition) is 0. The van der Waals surface area contributed by atoms with E-state index in [1.165, 1.54) is 185 Å². The van der Waals surface area contributed by atoms with Crippen molar-refractivity contribution in [2.45, 2.75) is 158 Å². The minimum atomic E-state index is 0.833. The molecule has 4 aromatic carbocycles. The van der Waals surface area contributed by atoms with Crippen molar-refractivity contribution in [3.05, 3.63) is 138 Å². The minimum Gasteiger partial charge on any atom is -0.327 e. The number of benzene rings is 4. The topological polar surface area (TPSA) is 3.01 Å². The molecule has 0 bridgehead atoms. The largest absolute Gasteiger partial charge is 0.327 e. The maximum Gasteiger partial charge on any atom is 0.207 e. The molecule has 0 amide bonds. The first-order chi connectivity index (χ1) is 35.4. The van der Waals surface area contributed by atoms with Crippen LogP contribution < -0.4 is 4.48 Å². The molecule has 0 saturated carbocycles.